The number of ether oxygens (including phenoxy) is 1. The van der Waals surface area contributed by atoms with Gasteiger partial charge in [-0.25, -0.2) is 4.79 Å². The lowest BCUT2D eigenvalue weighted by atomic mass is 9.58. The van der Waals surface area contributed by atoms with Gasteiger partial charge in [-0.3, -0.25) is 15.1 Å². The number of carbonyl (C=O) groups excluding carboxylic acids is 2. The first-order valence-electron chi connectivity index (χ1n) is 12.0. The lowest BCUT2D eigenvalue weighted by Crippen LogP contribution is -2.61. The molecular formula is C27H28F6N2O5. The van der Waals surface area contributed by atoms with Crippen molar-refractivity contribution >= 4 is 23.3 Å². The molecule has 13 heteroatoms. The van der Waals surface area contributed by atoms with E-state index in [0.29, 0.717) is 11.3 Å². The molecule has 2 N–H and O–H groups in total. The van der Waals surface area contributed by atoms with E-state index in [1.807, 2.05) is 0 Å². The van der Waals surface area contributed by atoms with Crippen molar-refractivity contribution in [3.63, 3.8) is 0 Å². The largest absolute Gasteiger partial charge is 0.465 e. The summed E-state index contributed by atoms with van der Waals surface area (Å²) in [5.41, 5.74) is -5.11. The average Bonchev–Trinajstić information content (AvgIpc) is 2.88. The second-order valence-corrected chi connectivity index (χ2v) is 9.58. The second-order valence-electron chi connectivity index (χ2n) is 9.58. The van der Waals surface area contributed by atoms with E-state index < -0.39 is 52.8 Å². The number of halogens is 6. The minimum absolute atomic E-state index is 0.00820. The number of benzene rings is 2. The molecule has 1 fully saturated rings. The first kappa shape index (κ1) is 31.0. The van der Waals surface area contributed by atoms with Gasteiger partial charge in [0, 0.05) is 24.7 Å². The van der Waals surface area contributed by atoms with Gasteiger partial charge in [0.15, 0.2) is 0 Å². The van der Waals surface area contributed by atoms with Crippen LogP contribution in [0.25, 0.3) is 5.70 Å². The zero-order chi connectivity index (χ0) is 30.1. The Balaban J connectivity index is 2.08. The summed E-state index contributed by atoms with van der Waals surface area (Å²) in [4.78, 5) is 30.9. The van der Waals surface area contributed by atoms with Crippen molar-refractivity contribution in [2.75, 3.05) is 26.2 Å². The molecule has 40 heavy (non-hydrogen) atoms. The molecule has 0 bridgehead atoms. The molecule has 1 aliphatic rings. The number of nitrogens with one attached hydrogen (secondary N) is 1. The maximum absolute atomic E-state index is 14.5. The average molecular weight is 575 g/mol. The van der Waals surface area contributed by atoms with Gasteiger partial charge in [0.1, 0.15) is 0 Å². The summed E-state index contributed by atoms with van der Waals surface area (Å²) in [5.74, 6) is -2.62. The molecular weight excluding hydrogens is 546 g/mol. The molecule has 1 aliphatic carbocycles. The smallest absolute Gasteiger partial charge is 0.426 e. The van der Waals surface area contributed by atoms with Gasteiger partial charge in [-0.05, 0) is 48.1 Å². The molecule has 1 amide bonds. The summed E-state index contributed by atoms with van der Waals surface area (Å²) in [6, 6.07) is 7.74. The molecule has 7 nitrogen and oxygen atoms in total. The molecule has 0 radical (unpaired) electrons. The number of hydrogen-bond acceptors (Lipinski definition) is 6. The maximum atomic E-state index is 14.5. The van der Waals surface area contributed by atoms with E-state index in [9.17, 15) is 41.0 Å². The Morgan fingerprint density at radius 1 is 1.05 bits per heavy atom. The van der Waals surface area contributed by atoms with Gasteiger partial charge >= 0.3 is 18.3 Å². The number of carbonyl (C=O) groups is 2. The predicted octanol–water partition coefficient (Wildman–Crippen LogP) is 5.38. The van der Waals surface area contributed by atoms with Gasteiger partial charge in [0.25, 0.3) is 5.91 Å². The van der Waals surface area contributed by atoms with Crippen LogP contribution in [-0.4, -0.2) is 50.0 Å². The van der Waals surface area contributed by atoms with E-state index in [-0.39, 0.29) is 35.4 Å². The van der Waals surface area contributed by atoms with Crippen LogP contribution in [0.1, 0.15) is 52.7 Å². The number of aliphatic hydroxyl groups is 1. The minimum atomic E-state index is -5.54. The first-order valence-corrected chi connectivity index (χ1v) is 12.0. The van der Waals surface area contributed by atoms with E-state index in [1.54, 1.807) is 0 Å². The molecule has 1 saturated carbocycles. The topological polar surface area (TPSA) is 88.1 Å². The Hall–Kier alpha value is -3.58. The van der Waals surface area contributed by atoms with Gasteiger partial charge in [-0.2, -0.15) is 26.3 Å². The van der Waals surface area contributed by atoms with Crippen LogP contribution < -0.4 is 10.4 Å². The van der Waals surface area contributed by atoms with E-state index in [0.717, 1.165) is 44.5 Å². The third-order valence-electron chi connectivity index (χ3n) is 7.18. The minimum Gasteiger partial charge on any atom is -0.465 e. The van der Waals surface area contributed by atoms with Gasteiger partial charge in [0.05, 0.1) is 31.0 Å². The third kappa shape index (κ3) is 5.66. The maximum Gasteiger partial charge on any atom is 0.426 e. The second kappa shape index (κ2) is 11.1. The molecule has 0 aromatic heterocycles. The number of nitrogens with zero attached hydrogens (tertiary/aromatic N) is 1. The standard InChI is InChI=1S/C27H28F6N2O5/c1-16(34-40-4)19-14-17(10-11-18(19)22(36)39-3)35(2)23(37)25(38,27(31,32)33)15-24(12-7-13-24)20-8-5-6-9-21(20)26(28,29)30/h5-6,8-11,14,34,38H,1,7,12-13,15H2,2-4H3. The molecule has 0 spiro atoms. The van der Waals surface area contributed by atoms with Crippen LogP contribution in [0.2, 0.25) is 0 Å². The Bertz CT molecular complexity index is 1290. The molecule has 0 saturated heterocycles. The Morgan fingerprint density at radius 3 is 2.17 bits per heavy atom. The SMILES string of the molecule is C=C(NOC)c1cc(N(C)C(=O)C(O)(CC2(c3ccccc3C(F)(F)F)CCC2)C(F)(F)F)ccc1C(=O)OC. The van der Waals surface area contributed by atoms with Crippen molar-refractivity contribution in [3.8, 4) is 0 Å². The van der Waals surface area contributed by atoms with Crippen molar-refractivity contribution < 1.29 is 50.6 Å². The van der Waals surface area contributed by atoms with Gasteiger partial charge in [-0.1, -0.05) is 31.2 Å². The van der Waals surface area contributed by atoms with Crippen LogP contribution >= 0.6 is 0 Å². The summed E-state index contributed by atoms with van der Waals surface area (Å²) < 4.78 is 89.4. The van der Waals surface area contributed by atoms with Crippen LogP contribution in [0, 0.1) is 0 Å². The zero-order valence-electron chi connectivity index (χ0n) is 21.9. The quantitative estimate of drug-likeness (QED) is 0.238. The number of amides is 1. The van der Waals surface area contributed by atoms with Crippen LogP contribution in [0.4, 0.5) is 32.0 Å². The van der Waals surface area contributed by atoms with E-state index >= 15 is 0 Å². The molecule has 0 heterocycles. The lowest BCUT2D eigenvalue weighted by Gasteiger charge is -2.48. The number of hydroxylamine groups is 1. The number of anilines is 1. The van der Waals surface area contributed by atoms with Crippen molar-refractivity contribution in [2.45, 2.75) is 49.1 Å². The highest BCUT2D eigenvalue weighted by Gasteiger charge is 2.64. The lowest BCUT2D eigenvalue weighted by molar-refractivity contribution is -0.258. The monoisotopic (exact) mass is 574 g/mol. The number of alkyl halides is 6. The first-order chi connectivity index (χ1) is 18.5. The number of esters is 1. The summed E-state index contributed by atoms with van der Waals surface area (Å²) in [6.45, 7) is 3.69. The number of methoxy groups -OCH3 is 1. The van der Waals surface area contributed by atoms with Crippen LogP contribution in [0.15, 0.2) is 49.0 Å². The normalized spacial score (nSPS) is 16.4. The third-order valence-corrected chi connectivity index (χ3v) is 7.18. The van der Waals surface area contributed by atoms with Gasteiger partial charge < -0.3 is 14.7 Å². The van der Waals surface area contributed by atoms with E-state index in [4.69, 9.17) is 9.57 Å². The molecule has 2 aromatic carbocycles. The Labute approximate surface area is 226 Å². The number of hydrogen-bond donors (Lipinski definition) is 2. The van der Waals surface area contributed by atoms with Crippen molar-refractivity contribution in [3.05, 3.63) is 71.3 Å². The highest BCUT2D eigenvalue weighted by molar-refractivity contribution is 6.01. The zero-order valence-corrected chi connectivity index (χ0v) is 21.9. The Morgan fingerprint density at radius 2 is 1.68 bits per heavy atom. The summed E-state index contributed by atoms with van der Waals surface area (Å²) >= 11 is 0. The Kier molecular flexibility index (Phi) is 8.61. The molecule has 1 atom stereocenters. The predicted molar refractivity (Wildman–Crippen MR) is 133 cm³/mol. The summed E-state index contributed by atoms with van der Waals surface area (Å²) in [6.07, 6.45) is -11.6. The fraction of sp³-hybridized carbons (Fsp3) is 0.407. The fourth-order valence-electron chi connectivity index (χ4n) is 4.98. The summed E-state index contributed by atoms with van der Waals surface area (Å²) in [5, 5.41) is 11.0. The van der Waals surface area contributed by atoms with Crippen molar-refractivity contribution in [1.82, 2.24) is 5.48 Å². The molecule has 3 rings (SSSR count). The fourth-order valence-corrected chi connectivity index (χ4v) is 4.98. The van der Waals surface area contributed by atoms with Crippen molar-refractivity contribution in [1.29, 1.82) is 0 Å². The van der Waals surface area contributed by atoms with Crippen LogP contribution in [-0.2, 0) is 26.0 Å². The van der Waals surface area contributed by atoms with Crippen LogP contribution in [0.5, 0.6) is 0 Å². The molecule has 0 aliphatic heterocycles. The van der Waals surface area contributed by atoms with E-state index in [1.165, 1.54) is 19.2 Å². The molecule has 1 unspecified atom stereocenters. The number of rotatable bonds is 9. The van der Waals surface area contributed by atoms with Gasteiger partial charge in [-0.15, -0.1) is 0 Å². The highest BCUT2D eigenvalue weighted by atomic mass is 19.4. The van der Waals surface area contributed by atoms with Crippen LogP contribution in [0.3, 0.4) is 0 Å². The molecule has 2 aromatic rings. The number of likely N-dealkylation sites (N-methyl/N-ethyl adjacent to an activating group) is 1. The highest BCUT2D eigenvalue weighted by Crippen LogP contribution is 2.54. The van der Waals surface area contributed by atoms with E-state index in [2.05, 4.69) is 12.1 Å². The van der Waals surface area contributed by atoms with Crippen molar-refractivity contribution in [2.24, 2.45) is 0 Å². The summed E-state index contributed by atoms with van der Waals surface area (Å²) in [7, 11) is 3.33. The van der Waals surface area contributed by atoms with Gasteiger partial charge in [0.2, 0.25) is 5.60 Å². The molecule has 218 valence electrons.